The molecule has 118 valence electrons. The van der Waals surface area contributed by atoms with Crippen molar-refractivity contribution in [3.05, 3.63) is 53.3 Å². The number of hydrogen-bond donors (Lipinski definition) is 2. The van der Waals surface area contributed by atoms with Crippen molar-refractivity contribution in [2.75, 3.05) is 6.54 Å². The van der Waals surface area contributed by atoms with E-state index in [1.807, 2.05) is 37.3 Å². The molecule has 0 radical (unpaired) electrons. The first-order valence-electron chi connectivity index (χ1n) is 7.49. The maximum absolute atomic E-state index is 12.7. The molecular formula is C17H23N3O2. The van der Waals surface area contributed by atoms with Gasteiger partial charge in [0.2, 0.25) is 0 Å². The lowest BCUT2D eigenvalue weighted by molar-refractivity contribution is 0.0277. The van der Waals surface area contributed by atoms with Crippen molar-refractivity contribution in [2.24, 2.45) is 0 Å². The molecule has 2 rings (SSSR count). The Morgan fingerprint density at radius 1 is 1.32 bits per heavy atom. The smallest absolute Gasteiger partial charge is 0.274 e. The van der Waals surface area contributed by atoms with Crippen molar-refractivity contribution >= 4 is 5.91 Å². The number of aromatic amines is 1. The van der Waals surface area contributed by atoms with Crippen LogP contribution in [-0.2, 0) is 13.0 Å². The van der Waals surface area contributed by atoms with Gasteiger partial charge in [0.1, 0.15) is 5.69 Å². The van der Waals surface area contributed by atoms with E-state index in [1.54, 1.807) is 24.8 Å². The number of rotatable bonds is 6. The summed E-state index contributed by atoms with van der Waals surface area (Å²) < 4.78 is 0. The Kier molecular flexibility index (Phi) is 4.98. The van der Waals surface area contributed by atoms with Gasteiger partial charge < -0.3 is 10.0 Å². The lowest BCUT2D eigenvalue weighted by Crippen LogP contribution is -2.42. The van der Waals surface area contributed by atoms with Crippen LogP contribution in [0.25, 0.3) is 0 Å². The van der Waals surface area contributed by atoms with Crippen LogP contribution in [-0.4, -0.2) is 38.3 Å². The van der Waals surface area contributed by atoms with Crippen LogP contribution in [0, 0.1) is 0 Å². The first-order chi connectivity index (χ1) is 10.4. The van der Waals surface area contributed by atoms with E-state index < -0.39 is 5.60 Å². The highest BCUT2D eigenvalue weighted by Crippen LogP contribution is 2.14. The minimum atomic E-state index is -0.964. The molecule has 1 aromatic heterocycles. The predicted octanol–water partition coefficient (Wildman–Crippen LogP) is 2.39. The molecule has 0 bridgehead atoms. The standard InChI is InChI=1S/C17H23N3O2/c1-4-14-10-15(19-18-14)16(21)20(12-17(2,3)22)11-13-8-6-5-7-9-13/h5-10,22H,4,11-12H2,1-3H3,(H,18,19). The molecule has 0 unspecified atom stereocenters. The van der Waals surface area contributed by atoms with Gasteiger partial charge >= 0.3 is 0 Å². The van der Waals surface area contributed by atoms with Crippen LogP contribution in [0.15, 0.2) is 36.4 Å². The number of benzene rings is 1. The fraction of sp³-hybridized carbons (Fsp3) is 0.412. The quantitative estimate of drug-likeness (QED) is 0.860. The fourth-order valence-electron chi connectivity index (χ4n) is 2.28. The largest absolute Gasteiger partial charge is 0.389 e. The number of amides is 1. The van der Waals surface area contributed by atoms with E-state index in [9.17, 15) is 9.90 Å². The third-order valence-corrected chi connectivity index (χ3v) is 3.31. The Labute approximate surface area is 131 Å². The molecule has 0 saturated heterocycles. The van der Waals surface area contributed by atoms with E-state index in [-0.39, 0.29) is 12.5 Å². The third-order valence-electron chi connectivity index (χ3n) is 3.31. The predicted molar refractivity (Wildman–Crippen MR) is 85.4 cm³/mol. The summed E-state index contributed by atoms with van der Waals surface area (Å²) in [6.07, 6.45) is 0.796. The molecule has 0 aliphatic heterocycles. The molecule has 0 aliphatic carbocycles. The zero-order chi connectivity index (χ0) is 16.2. The van der Waals surface area contributed by atoms with Gasteiger partial charge in [0.15, 0.2) is 0 Å². The number of aliphatic hydroxyl groups is 1. The van der Waals surface area contributed by atoms with Crippen molar-refractivity contribution in [1.82, 2.24) is 15.1 Å². The summed E-state index contributed by atoms with van der Waals surface area (Å²) in [5, 5.41) is 17.0. The van der Waals surface area contributed by atoms with Gasteiger partial charge in [-0.15, -0.1) is 0 Å². The van der Waals surface area contributed by atoms with Crippen LogP contribution in [0.2, 0.25) is 0 Å². The lowest BCUT2D eigenvalue weighted by atomic mass is 10.1. The molecule has 22 heavy (non-hydrogen) atoms. The first kappa shape index (κ1) is 16.2. The average Bonchev–Trinajstić information content (AvgIpc) is 2.94. The minimum absolute atomic E-state index is 0.179. The molecule has 1 heterocycles. The number of nitrogens with one attached hydrogen (secondary N) is 1. The fourth-order valence-corrected chi connectivity index (χ4v) is 2.28. The van der Waals surface area contributed by atoms with Gasteiger partial charge in [-0.2, -0.15) is 5.10 Å². The summed E-state index contributed by atoms with van der Waals surface area (Å²) in [4.78, 5) is 14.3. The van der Waals surface area contributed by atoms with E-state index in [0.717, 1.165) is 17.7 Å². The van der Waals surface area contributed by atoms with Gasteiger partial charge in [0, 0.05) is 18.8 Å². The summed E-state index contributed by atoms with van der Waals surface area (Å²) in [5.74, 6) is -0.179. The Morgan fingerprint density at radius 3 is 2.55 bits per heavy atom. The summed E-state index contributed by atoms with van der Waals surface area (Å²) in [7, 11) is 0. The van der Waals surface area contributed by atoms with Gasteiger partial charge in [-0.25, -0.2) is 0 Å². The molecule has 0 fully saturated rings. The number of hydrogen-bond acceptors (Lipinski definition) is 3. The molecule has 2 aromatic rings. The molecule has 2 N–H and O–H groups in total. The second kappa shape index (κ2) is 6.75. The molecule has 0 spiro atoms. The molecule has 0 aliphatic rings. The summed E-state index contributed by atoms with van der Waals surface area (Å²) in [6.45, 7) is 6.08. The molecule has 1 amide bonds. The lowest BCUT2D eigenvalue weighted by Gasteiger charge is -2.28. The Bertz CT molecular complexity index is 614. The monoisotopic (exact) mass is 301 g/mol. The Balaban J connectivity index is 2.21. The normalized spacial score (nSPS) is 11.5. The number of aromatic nitrogens is 2. The van der Waals surface area contributed by atoms with Gasteiger partial charge in [0.25, 0.3) is 5.91 Å². The Hall–Kier alpha value is -2.14. The first-order valence-corrected chi connectivity index (χ1v) is 7.49. The summed E-state index contributed by atoms with van der Waals surface area (Å²) in [6, 6.07) is 11.5. The van der Waals surface area contributed by atoms with E-state index in [1.165, 1.54) is 0 Å². The van der Waals surface area contributed by atoms with Crippen LogP contribution in [0.4, 0.5) is 0 Å². The van der Waals surface area contributed by atoms with Crippen molar-refractivity contribution in [3.63, 3.8) is 0 Å². The molecule has 0 atom stereocenters. The van der Waals surface area contributed by atoms with E-state index in [0.29, 0.717) is 12.2 Å². The van der Waals surface area contributed by atoms with E-state index in [2.05, 4.69) is 10.2 Å². The topological polar surface area (TPSA) is 69.2 Å². The van der Waals surface area contributed by atoms with E-state index >= 15 is 0 Å². The van der Waals surface area contributed by atoms with Crippen LogP contribution in [0.1, 0.15) is 42.5 Å². The third kappa shape index (κ3) is 4.43. The number of carbonyl (C=O) groups is 1. The zero-order valence-electron chi connectivity index (χ0n) is 13.3. The van der Waals surface area contributed by atoms with Gasteiger partial charge in [-0.05, 0) is 31.9 Å². The highest BCUT2D eigenvalue weighted by Gasteiger charge is 2.25. The van der Waals surface area contributed by atoms with E-state index in [4.69, 9.17) is 0 Å². The molecule has 5 nitrogen and oxygen atoms in total. The SMILES string of the molecule is CCc1cc(C(=O)N(Cc2ccccc2)CC(C)(C)O)n[nH]1. The summed E-state index contributed by atoms with van der Waals surface area (Å²) in [5.41, 5.74) is 1.36. The van der Waals surface area contributed by atoms with Crippen LogP contribution in [0.3, 0.4) is 0 Å². The van der Waals surface area contributed by atoms with Crippen molar-refractivity contribution in [3.8, 4) is 0 Å². The Morgan fingerprint density at radius 2 is 2.00 bits per heavy atom. The molecule has 5 heteroatoms. The average molecular weight is 301 g/mol. The summed E-state index contributed by atoms with van der Waals surface area (Å²) >= 11 is 0. The van der Waals surface area contributed by atoms with Crippen LogP contribution in [0.5, 0.6) is 0 Å². The highest BCUT2D eigenvalue weighted by atomic mass is 16.3. The second-order valence-corrected chi connectivity index (χ2v) is 6.09. The van der Waals surface area contributed by atoms with Crippen LogP contribution < -0.4 is 0 Å². The van der Waals surface area contributed by atoms with Crippen molar-refractivity contribution in [1.29, 1.82) is 0 Å². The maximum Gasteiger partial charge on any atom is 0.274 e. The number of carbonyl (C=O) groups excluding carboxylic acids is 1. The van der Waals surface area contributed by atoms with Crippen LogP contribution >= 0.6 is 0 Å². The van der Waals surface area contributed by atoms with Crippen molar-refractivity contribution in [2.45, 2.75) is 39.3 Å². The van der Waals surface area contributed by atoms with Gasteiger partial charge in [-0.3, -0.25) is 9.89 Å². The number of nitrogens with zero attached hydrogens (tertiary/aromatic N) is 2. The van der Waals surface area contributed by atoms with Crippen molar-refractivity contribution < 1.29 is 9.90 Å². The number of aryl methyl sites for hydroxylation is 1. The molecule has 0 saturated carbocycles. The van der Waals surface area contributed by atoms with Gasteiger partial charge in [-0.1, -0.05) is 37.3 Å². The zero-order valence-corrected chi connectivity index (χ0v) is 13.3. The second-order valence-electron chi connectivity index (χ2n) is 6.09. The minimum Gasteiger partial charge on any atom is -0.389 e. The molecular weight excluding hydrogens is 278 g/mol. The number of H-pyrrole nitrogens is 1. The molecule has 1 aromatic carbocycles. The van der Waals surface area contributed by atoms with Gasteiger partial charge in [0.05, 0.1) is 5.60 Å². The maximum atomic E-state index is 12.7. The highest BCUT2D eigenvalue weighted by molar-refractivity contribution is 5.92.